The highest BCUT2D eigenvalue weighted by atomic mass is 35.5. The van der Waals surface area contributed by atoms with Crippen LogP contribution < -0.4 is 14.8 Å². The monoisotopic (exact) mass is 585 g/mol. The summed E-state index contributed by atoms with van der Waals surface area (Å²) in [6.07, 6.45) is -1.67. The predicted molar refractivity (Wildman–Crippen MR) is 145 cm³/mol. The van der Waals surface area contributed by atoms with E-state index in [1.54, 1.807) is 66.7 Å². The molecule has 1 aliphatic rings. The van der Waals surface area contributed by atoms with Gasteiger partial charge in [0.25, 0.3) is 5.91 Å². The molecular formula is C27H18Cl3N3O6. The van der Waals surface area contributed by atoms with Crippen molar-refractivity contribution >= 4 is 52.7 Å². The molecule has 1 amide bonds. The molecular weight excluding hydrogens is 569 g/mol. The number of anilines is 1. The topological polar surface area (TPSA) is 120 Å². The van der Waals surface area contributed by atoms with Crippen molar-refractivity contribution in [3.05, 3.63) is 92.9 Å². The average molecular weight is 587 g/mol. The van der Waals surface area contributed by atoms with Gasteiger partial charge in [0.05, 0.1) is 27.4 Å². The van der Waals surface area contributed by atoms with Crippen LogP contribution in [-0.2, 0) is 4.74 Å². The van der Waals surface area contributed by atoms with E-state index in [1.807, 2.05) is 0 Å². The third-order valence-electron chi connectivity index (χ3n) is 5.76. The van der Waals surface area contributed by atoms with Gasteiger partial charge in [-0.1, -0.05) is 40.9 Å². The SMILES string of the molecule is O=C(O)OC1CCOc2cc(Oc3ccc(C(=O)Nc4ccc(-c5ccc(Cl)c(Cl)c5)nn4)cc3)c(Cl)cc21. The minimum atomic E-state index is -1.37. The number of carbonyl (C=O) groups is 2. The third-order valence-corrected chi connectivity index (χ3v) is 6.79. The Bertz CT molecular complexity index is 1550. The zero-order valence-corrected chi connectivity index (χ0v) is 22.1. The van der Waals surface area contributed by atoms with Crippen molar-refractivity contribution in [1.82, 2.24) is 10.2 Å². The number of nitrogens with one attached hydrogen (secondary N) is 1. The van der Waals surface area contributed by atoms with Crippen LogP contribution in [0.1, 0.15) is 28.4 Å². The lowest BCUT2D eigenvalue weighted by molar-refractivity contribution is 0.0326. The lowest BCUT2D eigenvalue weighted by Crippen LogP contribution is -2.18. The van der Waals surface area contributed by atoms with Crippen LogP contribution in [0.4, 0.5) is 10.6 Å². The quantitative estimate of drug-likeness (QED) is 0.221. The Kier molecular flexibility index (Phi) is 7.74. The summed E-state index contributed by atoms with van der Waals surface area (Å²) in [6, 6.07) is 18.0. The summed E-state index contributed by atoms with van der Waals surface area (Å²) in [5.41, 5.74) is 2.21. The molecule has 0 saturated heterocycles. The highest BCUT2D eigenvalue weighted by molar-refractivity contribution is 6.42. The van der Waals surface area contributed by atoms with Gasteiger partial charge in [0.1, 0.15) is 23.4 Å². The number of carbonyl (C=O) groups excluding carboxylic acids is 1. The molecule has 5 rings (SSSR count). The fraction of sp³-hybridized carbons (Fsp3) is 0.111. The van der Waals surface area contributed by atoms with Crippen LogP contribution in [-0.4, -0.2) is 34.0 Å². The first-order chi connectivity index (χ1) is 18.8. The number of halogens is 3. The maximum absolute atomic E-state index is 12.7. The fourth-order valence-corrected chi connectivity index (χ4v) is 4.39. The Morgan fingerprint density at radius 3 is 2.41 bits per heavy atom. The number of fused-ring (bicyclic) bond motifs is 1. The summed E-state index contributed by atoms with van der Waals surface area (Å²) >= 11 is 18.4. The number of ether oxygens (including phenoxy) is 3. The molecule has 2 heterocycles. The summed E-state index contributed by atoms with van der Waals surface area (Å²) in [5, 5.41) is 21.0. The summed E-state index contributed by atoms with van der Waals surface area (Å²) < 4.78 is 16.4. The van der Waals surface area contributed by atoms with Gasteiger partial charge in [0.15, 0.2) is 5.82 Å². The van der Waals surface area contributed by atoms with Crippen LogP contribution in [0.3, 0.4) is 0 Å². The molecule has 4 aromatic rings. The second-order valence-electron chi connectivity index (χ2n) is 8.34. The number of aromatic nitrogens is 2. The van der Waals surface area contributed by atoms with Gasteiger partial charge < -0.3 is 24.6 Å². The normalized spacial score (nSPS) is 14.1. The number of carboxylic acid groups (broad SMARTS) is 1. The van der Waals surface area contributed by atoms with Gasteiger partial charge in [-0.15, -0.1) is 10.2 Å². The van der Waals surface area contributed by atoms with Gasteiger partial charge in [0, 0.05) is 29.2 Å². The van der Waals surface area contributed by atoms with Crippen LogP contribution in [0.15, 0.2) is 66.7 Å². The van der Waals surface area contributed by atoms with Crippen molar-refractivity contribution in [2.75, 3.05) is 11.9 Å². The molecule has 1 atom stereocenters. The molecule has 1 aromatic heterocycles. The van der Waals surface area contributed by atoms with Gasteiger partial charge in [-0.05, 0) is 54.6 Å². The molecule has 1 unspecified atom stereocenters. The van der Waals surface area contributed by atoms with Crippen LogP contribution in [0.2, 0.25) is 15.1 Å². The summed E-state index contributed by atoms with van der Waals surface area (Å²) in [7, 11) is 0. The van der Waals surface area contributed by atoms with Crippen LogP contribution in [0, 0.1) is 0 Å². The zero-order chi connectivity index (χ0) is 27.5. The predicted octanol–water partition coefficient (Wildman–Crippen LogP) is 7.67. The van der Waals surface area contributed by atoms with E-state index in [0.717, 1.165) is 5.56 Å². The number of hydrogen-bond acceptors (Lipinski definition) is 7. The number of hydrogen-bond donors (Lipinski definition) is 2. The highest BCUT2D eigenvalue weighted by Crippen LogP contribution is 2.42. The molecule has 2 N–H and O–H groups in total. The van der Waals surface area contributed by atoms with E-state index < -0.39 is 12.3 Å². The molecule has 0 spiro atoms. The lowest BCUT2D eigenvalue weighted by Gasteiger charge is -2.25. The van der Waals surface area contributed by atoms with Crippen molar-refractivity contribution in [3.8, 4) is 28.5 Å². The maximum Gasteiger partial charge on any atom is 0.506 e. The van der Waals surface area contributed by atoms with E-state index in [0.29, 0.717) is 57.1 Å². The van der Waals surface area contributed by atoms with Crippen molar-refractivity contribution in [1.29, 1.82) is 0 Å². The van der Waals surface area contributed by atoms with E-state index in [1.165, 1.54) is 0 Å². The molecule has 9 nitrogen and oxygen atoms in total. The summed E-state index contributed by atoms with van der Waals surface area (Å²) in [5.74, 6) is 1.04. The standard InChI is InChI=1S/C27H18Cl3N3O6/c28-18-6-3-15(11-19(18)29)21-7-8-25(33-32-21)31-26(34)14-1-4-16(5-2-14)38-24-13-23-17(12-20(24)30)22(9-10-37-23)39-27(35)36/h1-8,11-13,22H,9-10H2,(H,35,36)(H,31,33,34). The molecule has 0 bridgehead atoms. The number of rotatable bonds is 6. The smallest absolute Gasteiger partial charge is 0.493 e. The average Bonchev–Trinajstić information content (AvgIpc) is 2.92. The fourth-order valence-electron chi connectivity index (χ4n) is 3.88. The molecule has 0 saturated carbocycles. The first-order valence-corrected chi connectivity index (χ1v) is 12.6. The van der Waals surface area contributed by atoms with Crippen molar-refractivity contribution in [2.24, 2.45) is 0 Å². The van der Waals surface area contributed by atoms with Gasteiger partial charge in [-0.25, -0.2) is 4.79 Å². The first kappa shape index (κ1) is 26.6. The number of benzene rings is 3. The molecule has 0 radical (unpaired) electrons. The molecule has 198 valence electrons. The minimum Gasteiger partial charge on any atom is -0.493 e. The Balaban J connectivity index is 1.24. The summed E-state index contributed by atoms with van der Waals surface area (Å²) in [4.78, 5) is 23.7. The van der Waals surface area contributed by atoms with Gasteiger partial charge in [0.2, 0.25) is 0 Å². The molecule has 3 aromatic carbocycles. The second kappa shape index (κ2) is 11.4. The minimum absolute atomic E-state index is 0.253. The molecule has 0 fully saturated rings. The number of nitrogens with zero attached hydrogens (tertiary/aromatic N) is 2. The van der Waals surface area contributed by atoms with Crippen LogP contribution in [0.5, 0.6) is 17.2 Å². The Morgan fingerprint density at radius 2 is 1.72 bits per heavy atom. The van der Waals surface area contributed by atoms with Crippen LogP contribution >= 0.6 is 34.8 Å². The first-order valence-electron chi connectivity index (χ1n) is 11.5. The van der Waals surface area contributed by atoms with Gasteiger partial charge in [-0.3, -0.25) is 4.79 Å². The van der Waals surface area contributed by atoms with Gasteiger partial charge >= 0.3 is 6.16 Å². The molecule has 12 heteroatoms. The van der Waals surface area contributed by atoms with Crippen LogP contribution in [0.25, 0.3) is 11.3 Å². The van der Waals surface area contributed by atoms with E-state index >= 15 is 0 Å². The van der Waals surface area contributed by atoms with E-state index in [9.17, 15) is 9.59 Å². The maximum atomic E-state index is 12.7. The Morgan fingerprint density at radius 1 is 0.923 bits per heavy atom. The van der Waals surface area contributed by atoms with E-state index in [4.69, 9.17) is 54.1 Å². The van der Waals surface area contributed by atoms with E-state index in [-0.39, 0.29) is 16.7 Å². The number of amides is 1. The van der Waals surface area contributed by atoms with Crippen molar-refractivity contribution in [2.45, 2.75) is 12.5 Å². The third kappa shape index (κ3) is 6.17. The zero-order valence-electron chi connectivity index (χ0n) is 19.9. The van der Waals surface area contributed by atoms with Gasteiger partial charge in [-0.2, -0.15) is 0 Å². The lowest BCUT2D eigenvalue weighted by atomic mass is 10.0. The van der Waals surface area contributed by atoms with Crippen molar-refractivity contribution in [3.63, 3.8) is 0 Å². The Hall–Kier alpha value is -4.05. The highest BCUT2D eigenvalue weighted by Gasteiger charge is 2.27. The molecule has 0 aliphatic carbocycles. The molecule has 1 aliphatic heterocycles. The van der Waals surface area contributed by atoms with Crippen molar-refractivity contribution < 1.29 is 28.9 Å². The second-order valence-corrected chi connectivity index (χ2v) is 9.56. The Labute approximate surface area is 237 Å². The largest absolute Gasteiger partial charge is 0.506 e. The van der Waals surface area contributed by atoms with E-state index in [2.05, 4.69) is 15.5 Å². The summed E-state index contributed by atoms with van der Waals surface area (Å²) in [6.45, 7) is 0.290. The molecule has 39 heavy (non-hydrogen) atoms.